The number of hydrogen-bond donors (Lipinski definition) is 2. The quantitative estimate of drug-likeness (QED) is 0.295. The highest BCUT2D eigenvalue weighted by atomic mass is 28.4. The van der Waals surface area contributed by atoms with Crippen LogP contribution in [0.15, 0.2) is 47.0 Å². The lowest BCUT2D eigenvalue weighted by molar-refractivity contribution is -0.0403. The Kier molecular flexibility index (Phi) is 9.18. The molecular weight excluding hydrogens is 600 g/mol. The lowest BCUT2D eigenvalue weighted by Crippen LogP contribution is -2.49. The number of rotatable bonds is 6. The smallest absolute Gasteiger partial charge is 0.299 e. The third-order valence-electron chi connectivity index (χ3n) is 9.33. The van der Waals surface area contributed by atoms with E-state index in [1.807, 2.05) is 20.8 Å². The van der Waals surface area contributed by atoms with E-state index in [1.165, 1.54) is 43.2 Å². The van der Waals surface area contributed by atoms with Crippen molar-refractivity contribution in [2.24, 2.45) is 5.92 Å². The Hall–Kier alpha value is -3.28. The Morgan fingerprint density at radius 2 is 1.33 bits per heavy atom. The van der Waals surface area contributed by atoms with Gasteiger partial charge in [0.05, 0.1) is 12.2 Å². The van der Waals surface area contributed by atoms with Crippen LogP contribution in [0, 0.1) is 5.92 Å². The molecule has 6 rings (SSSR count). The van der Waals surface area contributed by atoms with Crippen molar-refractivity contribution in [1.29, 1.82) is 0 Å². The molecule has 0 unspecified atom stereocenters. The van der Waals surface area contributed by atoms with Crippen molar-refractivity contribution in [2.45, 2.75) is 115 Å². The molecule has 45 heavy (non-hydrogen) atoms. The number of aliphatic hydroxyl groups is 2. The molecule has 15 nitrogen and oxygen atoms in total. The minimum Gasteiger partial charge on any atom is -0.407 e. The van der Waals surface area contributed by atoms with Crippen molar-refractivity contribution in [2.75, 3.05) is 0 Å². The second-order valence-electron chi connectivity index (χ2n) is 13.2. The van der Waals surface area contributed by atoms with Gasteiger partial charge in [-0.1, -0.05) is 41.5 Å². The molecule has 2 fully saturated rings. The van der Waals surface area contributed by atoms with Crippen molar-refractivity contribution in [3.63, 3.8) is 0 Å². The lowest BCUT2D eigenvalue weighted by Gasteiger charge is -2.40. The minimum absolute atomic E-state index is 0.0159. The Balaban J connectivity index is 0.000000186. The summed E-state index contributed by atoms with van der Waals surface area (Å²) in [4.78, 5) is 33.1. The first-order valence-electron chi connectivity index (χ1n) is 15.4. The highest BCUT2D eigenvalue weighted by Crippen LogP contribution is 2.42. The number of fused-ring (bicyclic) bond motifs is 2. The van der Waals surface area contributed by atoms with E-state index in [9.17, 15) is 19.8 Å². The van der Waals surface area contributed by atoms with Gasteiger partial charge in [0.25, 0.3) is 11.1 Å². The van der Waals surface area contributed by atoms with Gasteiger partial charge in [0.1, 0.15) is 31.0 Å². The van der Waals surface area contributed by atoms with Crippen LogP contribution < -0.4 is 11.1 Å². The molecule has 4 aromatic heterocycles. The van der Waals surface area contributed by atoms with Crippen LogP contribution in [0.2, 0.25) is 18.1 Å². The van der Waals surface area contributed by atoms with E-state index in [4.69, 9.17) is 13.9 Å². The van der Waals surface area contributed by atoms with Crippen molar-refractivity contribution in [3.8, 4) is 0 Å². The summed E-state index contributed by atoms with van der Waals surface area (Å²) < 4.78 is 23.8. The first-order chi connectivity index (χ1) is 21.2. The van der Waals surface area contributed by atoms with Crippen LogP contribution >= 0.6 is 0 Å². The summed E-state index contributed by atoms with van der Waals surface area (Å²) in [6.45, 7) is 16.5. The van der Waals surface area contributed by atoms with Crippen LogP contribution in [0.1, 0.15) is 66.8 Å². The zero-order chi connectivity index (χ0) is 32.8. The maximum Gasteiger partial charge on any atom is 0.299 e. The fraction of sp³-hybridized carbons (Fsp3) is 0.655. The molecule has 0 bridgehead atoms. The van der Waals surface area contributed by atoms with Crippen LogP contribution in [0.4, 0.5) is 0 Å². The SMILES string of the molecule is CC[C@H]1O[C@@H](n2cnn3ccnc3c2=O)[C@H](O)[C@@H]1C.CC[C@H]1O[C@@H](n2cnn3ccnc3c2=O)[C@H](O[Si](C)(C)C(C)(C)C)[C@@H]1O. The number of imidazole rings is 2. The van der Waals surface area contributed by atoms with E-state index >= 15 is 0 Å². The van der Waals surface area contributed by atoms with Gasteiger partial charge in [0.15, 0.2) is 20.8 Å². The van der Waals surface area contributed by atoms with Crippen LogP contribution in [0.3, 0.4) is 0 Å². The first kappa shape index (κ1) is 33.1. The van der Waals surface area contributed by atoms with Crippen LogP contribution in [-0.4, -0.2) is 87.4 Å². The molecule has 8 atom stereocenters. The van der Waals surface area contributed by atoms with Gasteiger partial charge in [-0.05, 0) is 31.0 Å². The summed E-state index contributed by atoms with van der Waals surface area (Å²) in [6.07, 6.45) is 6.47. The van der Waals surface area contributed by atoms with Gasteiger partial charge in [-0.2, -0.15) is 10.2 Å². The van der Waals surface area contributed by atoms with Gasteiger partial charge in [0, 0.05) is 30.7 Å². The molecule has 6 heterocycles. The van der Waals surface area contributed by atoms with Crippen molar-refractivity contribution >= 4 is 19.6 Å². The Labute approximate surface area is 261 Å². The standard InChI is InChI=1S/C17H28N4O4Si.C12H16N4O3/c1-7-11-12(22)13(25-26(5,6)17(2,3)4)16(24-11)20-10-19-21-9-8-18-14(21)15(20)23;1-3-8-7(2)9(17)12(19-8)15-6-14-16-5-4-13-10(16)11(15)18/h8-13,16,22H,7H2,1-6H3;4-9,12,17H,3H2,1-2H3/t11-,12-,13-,16-;7-,8-,9-,12-/m11/s1. The zero-order valence-electron chi connectivity index (χ0n) is 27.0. The van der Waals surface area contributed by atoms with Gasteiger partial charge >= 0.3 is 0 Å². The lowest BCUT2D eigenvalue weighted by atomic mass is 9.99. The first-order valence-corrected chi connectivity index (χ1v) is 18.3. The predicted octanol–water partition coefficient (Wildman–Crippen LogP) is 2.15. The fourth-order valence-corrected chi connectivity index (χ4v) is 6.78. The number of nitrogens with zero attached hydrogens (tertiary/aromatic N) is 8. The molecule has 4 aromatic rings. The third kappa shape index (κ3) is 6.02. The number of hydrogen-bond acceptors (Lipinski definition) is 11. The van der Waals surface area contributed by atoms with Gasteiger partial charge in [-0.3, -0.25) is 18.7 Å². The summed E-state index contributed by atoms with van der Waals surface area (Å²) in [6, 6.07) is 0. The van der Waals surface area contributed by atoms with Crippen LogP contribution in [-0.2, 0) is 13.9 Å². The number of aliphatic hydroxyl groups excluding tert-OH is 2. The van der Waals surface area contributed by atoms with Gasteiger partial charge < -0.3 is 24.1 Å². The third-order valence-corrected chi connectivity index (χ3v) is 13.8. The van der Waals surface area contributed by atoms with Crippen LogP contribution in [0.25, 0.3) is 11.3 Å². The van der Waals surface area contributed by atoms with E-state index < -0.39 is 45.2 Å². The number of ether oxygens (including phenoxy) is 2. The second-order valence-corrected chi connectivity index (χ2v) is 18.0. The molecule has 2 N–H and O–H groups in total. The van der Waals surface area contributed by atoms with Crippen molar-refractivity contribution in [1.82, 2.24) is 38.3 Å². The highest BCUT2D eigenvalue weighted by molar-refractivity contribution is 6.74. The van der Waals surface area contributed by atoms with Crippen molar-refractivity contribution < 1.29 is 24.1 Å². The summed E-state index contributed by atoms with van der Waals surface area (Å²) in [5.41, 5.74) is -0.182. The summed E-state index contributed by atoms with van der Waals surface area (Å²) in [5, 5.41) is 29.3. The number of aromatic nitrogens is 8. The Morgan fingerprint density at radius 1 is 0.844 bits per heavy atom. The van der Waals surface area contributed by atoms with Gasteiger partial charge in [-0.15, -0.1) is 0 Å². The molecule has 16 heteroatoms. The highest BCUT2D eigenvalue weighted by Gasteiger charge is 2.50. The average Bonchev–Trinajstić information content (AvgIpc) is 3.78. The molecule has 0 aromatic carbocycles. The van der Waals surface area contributed by atoms with Crippen molar-refractivity contribution in [3.05, 3.63) is 58.1 Å². The summed E-state index contributed by atoms with van der Waals surface area (Å²) in [5.74, 6) is -0.0159. The topological polar surface area (TPSA) is 173 Å². The van der Waals surface area contributed by atoms with Gasteiger partial charge in [-0.25, -0.2) is 19.0 Å². The normalized spacial score (nSPS) is 28.9. The van der Waals surface area contributed by atoms with Crippen LogP contribution in [0.5, 0.6) is 0 Å². The molecule has 0 radical (unpaired) electrons. The molecule has 0 saturated carbocycles. The molecule has 246 valence electrons. The fourth-order valence-electron chi connectivity index (χ4n) is 5.49. The molecule has 2 saturated heterocycles. The second kappa shape index (κ2) is 12.5. The molecule has 0 aliphatic carbocycles. The molecule has 0 spiro atoms. The zero-order valence-corrected chi connectivity index (χ0v) is 28.0. The molecule has 2 aliphatic rings. The molecular formula is C29H44N8O7Si. The monoisotopic (exact) mass is 644 g/mol. The van der Waals surface area contributed by atoms with E-state index in [0.29, 0.717) is 6.42 Å². The summed E-state index contributed by atoms with van der Waals surface area (Å²) in [7, 11) is -2.18. The predicted molar refractivity (Wildman–Crippen MR) is 166 cm³/mol. The van der Waals surface area contributed by atoms with E-state index in [2.05, 4.69) is 54.0 Å². The summed E-state index contributed by atoms with van der Waals surface area (Å²) >= 11 is 0. The Bertz CT molecular complexity index is 1740. The Morgan fingerprint density at radius 3 is 1.80 bits per heavy atom. The average molecular weight is 645 g/mol. The van der Waals surface area contributed by atoms with Gasteiger partial charge in [0.2, 0.25) is 11.3 Å². The maximum absolute atomic E-state index is 12.8. The van der Waals surface area contributed by atoms with E-state index in [1.54, 1.807) is 12.4 Å². The molecule has 0 amide bonds. The largest absolute Gasteiger partial charge is 0.407 e. The van der Waals surface area contributed by atoms with E-state index in [-0.39, 0.29) is 39.5 Å². The molecule has 2 aliphatic heterocycles. The van der Waals surface area contributed by atoms with E-state index in [0.717, 1.165) is 6.42 Å². The minimum atomic E-state index is -2.18. The maximum atomic E-state index is 12.8.